The molecular formula is C14H16N4O3. The Morgan fingerprint density at radius 1 is 1.29 bits per heavy atom. The van der Waals surface area contributed by atoms with Gasteiger partial charge in [-0.05, 0) is 25.1 Å². The maximum Gasteiger partial charge on any atom is 0.269 e. The summed E-state index contributed by atoms with van der Waals surface area (Å²) in [6.07, 6.45) is 1.73. The number of nitro groups is 1. The number of ether oxygens (including phenoxy) is 1. The zero-order valence-corrected chi connectivity index (χ0v) is 11.7. The number of rotatable bonds is 7. The predicted molar refractivity (Wildman–Crippen MR) is 77.1 cm³/mol. The average Bonchev–Trinajstić information content (AvgIpc) is 2.47. The highest BCUT2D eigenvalue weighted by Crippen LogP contribution is 2.16. The van der Waals surface area contributed by atoms with Gasteiger partial charge in [0.15, 0.2) is 0 Å². The molecular weight excluding hydrogens is 272 g/mol. The van der Waals surface area contributed by atoms with Crippen LogP contribution in [0.25, 0.3) is 0 Å². The molecule has 0 saturated heterocycles. The lowest BCUT2D eigenvalue weighted by atomic mass is 10.3. The van der Waals surface area contributed by atoms with E-state index < -0.39 is 4.92 Å². The first-order valence-corrected chi connectivity index (χ1v) is 6.51. The third-order valence-corrected chi connectivity index (χ3v) is 2.73. The van der Waals surface area contributed by atoms with E-state index in [1.165, 1.54) is 12.1 Å². The number of hydrogen-bond donors (Lipinski definition) is 1. The summed E-state index contributed by atoms with van der Waals surface area (Å²) < 4.78 is 5.48. The molecule has 2 aromatic rings. The number of aromatic nitrogens is 2. The van der Waals surface area contributed by atoms with Gasteiger partial charge in [0, 0.05) is 31.4 Å². The second kappa shape index (κ2) is 7.30. The van der Waals surface area contributed by atoms with Gasteiger partial charge in [-0.25, -0.2) is 9.97 Å². The molecule has 7 nitrogen and oxygen atoms in total. The Labute approximate surface area is 122 Å². The van der Waals surface area contributed by atoms with Crippen molar-refractivity contribution in [3.63, 3.8) is 0 Å². The van der Waals surface area contributed by atoms with Crippen LogP contribution in [-0.2, 0) is 6.54 Å². The molecule has 1 aromatic heterocycles. The van der Waals surface area contributed by atoms with E-state index in [1.54, 1.807) is 18.3 Å². The highest BCUT2D eigenvalue weighted by atomic mass is 16.6. The maximum absolute atomic E-state index is 10.5. The minimum atomic E-state index is -0.435. The van der Waals surface area contributed by atoms with Crippen molar-refractivity contribution < 1.29 is 9.66 Å². The fourth-order valence-electron chi connectivity index (χ4n) is 1.73. The average molecular weight is 288 g/mol. The van der Waals surface area contributed by atoms with Crippen LogP contribution in [0.1, 0.15) is 11.5 Å². The Morgan fingerprint density at radius 3 is 2.71 bits per heavy atom. The molecule has 0 aliphatic heterocycles. The van der Waals surface area contributed by atoms with E-state index >= 15 is 0 Å². The first-order valence-electron chi connectivity index (χ1n) is 6.51. The lowest BCUT2D eigenvalue weighted by molar-refractivity contribution is -0.384. The molecule has 1 N–H and O–H groups in total. The summed E-state index contributed by atoms with van der Waals surface area (Å²) in [4.78, 5) is 18.4. The number of non-ortho nitro benzene ring substituents is 1. The van der Waals surface area contributed by atoms with Gasteiger partial charge in [-0.3, -0.25) is 10.1 Å². The second-order valence-electron chi connectivity index (χ2n) is 4.37. The van der Waals surface area contributed by atoms with Crippen molar-refractivity contribution in [3.8, 4) is 5.75 Å². The standard InChI is InChI=1S/C14H16N4O3/c1-11-16-7-6-12(17-11)10-15-8-9-21-14-4-2-13(3-5-14)18(19)20/h2-7,15H,8-10H2,1H3. The molecule has 1 aromatic carbocycles. The van der Waals surface area contributed by atoms with Crippen molar-refractivity contribution in [2.75, 3.05) is 13.2 Å². The molecule has 0 radical (unpaired) electrons. The van der Waals surface area contributed by atoms with Gasteiger partial charge < -0.3 is 10.1 Å². The van der Waals surface area contributed by atoms with Crippen LogP contribution in [0.15, 0.2) is 36.5 Å². The second-order valence-corrected chi connectivity index (χ2v) is 4.37. The van der Waals surface area contributed by atoms with Crippen molar-refractivity contribution in [1.29, 1.82) is 0 Å². The first kappa shape index (κ1) is 14.9. The number of nitro benzene ring substituents is 1. The zero-order chi connectivity index (χ0) is 15.1. The van der Waals surface area contributed by atoms with Crippen LogP contribution in [0, 0.1) is 17.0 Å². The molecule has 7 heteroatoms. The van der Waals surface area contributed by atoms with E-state index in [0.717, 1.165) is 11.5 Å². The van der Waals surface area contributed by atoms with Crippen LogP contribution >= 0.6 is 0 Å². The SMILES string of the molecule is Cc1nccc(CNCCOc2ccc([N+](=O)[O-])cc2)n1. The van der Waals surface area contributed by atoms with Gasteiger partial charge in [0.05, 0.1) is 10.6 Å². The smallest absolute Gasteiger partial charge is 0.269 e. The van der Waals surface area contributed by atoms with E-state index in [4.69, 9.17) is 4.74 Å². The lowest BCUT2D eigenvalue weighted by Gasteiger charge is -2.07. The number of nitrogens with zero attached hydrogens (tertiary/aromatic N) is 3. The zero-order valence-electron chi connectivity index (χ0n) is 11.7. The summed E-state index contributed by atoms with van der Waals surface area (Å²) in [5, 5.41) is 13.7. The Morgan fingerprint density at radius 2 is 2.05 bits per heavy atom. The fraction of sp³-hybridized carbons (Fsp3) is 0.286. The van der Waals surface area contributed by atoms with Gasteiger partial charge in [0.1, 0.15) is 18.2 Å². The normalized spacial score (nSPS) is 10.3. The third kappa shape index (κ3) is 4.81. The Balaban J connectivity index is 1.69. The summed E-state index contributed by atoms with van der Waals surface area (Å²) in [6.45, 7) is 3.62. The summed E-state index contributed by atoms with van der Waals surface area (Å²) >= 11 is 0. The summed E-state index contributed by atoms with van der Waals surface area (Å²) in [5.41, 5.74) is 0.984. The molecule has 2 rings (SSSR count). The van der Waals surface area contributed by atoms with E-state index in [2.05, 4.69) is 15.3 Å². The molecule has 110 valence electrons. The topological polar surface area (TPSA) is 90.2 Å². The molecule has 21 heavy (non-hydrogen) atoms. The third-order valence-electron chi connectivity index (χ3n) is 2.73. The quantitative estimate of drug-likeness (QED) is 0.475. The fourth-order valence-corrected chi connectivity index (χ4v) is 1.73. The van der Waals surface area contributed by atoms with Crippen molar-refractivity contribution in [2.45, 2.75) is 13.5 Å². The Hall–Kier alpha value is -2.54. The molecule has 1 heterocycles. The van der Waals surface area contributed by atoms with Crippen LogP contribution in [0.3, 0.4) is 0 Å². The van der Waals surface area contributed by atoms with Crippen LogP contribution in [-0.4, -0.2) is 28.0 Å². The highest BCUT2D eigenvalue weighted by molar-refractivity contribution is 5.35. The van der Waals surface area contributed by atoms with Crippen molar-refractivity contribution in [1.82, 2.24) is 15.3 Å². The monoisotopic (exact) mass is 288 g/mol. The molecule has 0 aliphatic rings. The summed E-state index contributed by atoms with van der Waals surface area (Å²) in [7, 11) is 0. The molecule has 0 saturated carbocycles. The van der Waals surface area contributed by atoms with Gasteiger partial charge in [0.2, 0.25) is 0 Å². The number of benzene rings is 1. The van der Waals surface area contributed by atoms with E-state index in [-0.39, 0.29) is 5.69 Å². The molecule has 0 unspecified atom stereocenters. The van der Waals surface area contributed by atoms with Crippen molar-refractivity contribution >= 4 is 5.69 Å². The predicted octanol–water partition coefficient (Wildman–Crippen LogP) is 1.86. The van der Waals surface area contributed by atoms with Gasteiger partial charge >= 0.3 is 0 Å². The summed E-state index contributed by atoms with van der Waals surface area (Å²) in [6, 6.07) is 7.88. The van der Waals surface area contributed by atoms with Crippen LogP contribution in [0.4, 0.5) is 5.69 Å². The number of aryl methyl sites for hydroxylation is 1. The largest absolute Gasteiger partial charge is 0.492 e. The molecule has 0 bridgehead atoms. The summed E-state index contributed by atoms with van der Waals surface area (Å²) in [5.74, 6) is 1.36. The molecule has 0 amide bonds. The molecule has 0 spiro atoms. The lowest BCUT2D eigenvalue weighted by Crippen LogP contribution is -2.21. The highest BCUT2D eigenvalue weighted by Gasteiger charge is 2.04. The maximum atomic E-state index is 10.5. The van der Waals surface area contributed by atoms with E-state index in [1.807, 2.05) is 13.0 Å². The minimum absolute atomic E-state index is 0.0552. The Kier molecular flexibility index (Phi) is 5.16. The Bertz CT molecular complexity index is 601. The van der Waals surface area contributed by atoms with Crippen molar-refractivity contribution in [2.24, 2.45) is 0 Å². The molecule has 0 atom stereocenters. The number of nitrogens with one attached hydrogen (secondary N) is 1. The van der Waals surface area contributed by atoms with E-state index in [9.17, 15) is 10.1 Å². The molecule has 0 aliphatic carbocycles. The van der Waals surface area contributed by atoms with Gasteiger partial charge in [-0.1, -0.05) is 0 Å². The van der Waals surface area contributed by atoms with Crippen LogP contribution in [0.2, 0.25) is 0 Å². The van der Waals surface area contributed by atoms with E-state index in [0.29, 0.717) is 25.4 Å². The van der Waals surface area contributed by atoms with Crippen molar-refractivity contribution in [3.05, 3.63) is 58.2 Å². The minimum Gasteiger partial charge on any atom is -0.492 e. The molecule has 0 fully saturated rings. The first-order chi connectivity index (χ1) is 10.1. The number of hydrogen-bond acceptors (Lipinski definition) is 6. The van der Waals surface area contributed by atoms with Crippen LogP contribution in [0.5, 0.6) is 5.75 Å². The van der Waals surface area contributed by atoms with Gasteiger partial charge in [-0.15, -0.1) is 0 Å². The van der Waals surface area contributed by atoms with Crippen LogP contribution < -0.4 is 10.1 Å². The van der Waals surface area contributed by atoms with Gasteiger partial charge in [0.25, 0.3) is 5.69 Å². The van der Waals surface area contributed by atoms with Gasteiger partial charge in [-0.2, -0.15) is 0 Å².